The predicted molar refractivity (Wildman–Crippen MR) is 80.2 cm³/mol. The van der Waals surface area contributed by atoms with Crippen molar-refractivity contribution in [2.24, 2.45) is 0 Å². The summed E-state index contributed by atoms with van der Waals surface area (Å²) >= 11 is 5.66. The molecule has 17 heavy (non-hydrogen) atoms. The summed E-state index contributed by atoms with van der Waals surface area (Å²) in [6, 6.07) is 6.34. The number of likely N-dealkylation sites (tertiary alicyclic amines) is 1. The molecule has 1 aromatic carbocycles. The zero-order chi connectivity index (χ0) is 12.6. The normalized spacial score (nSPS) is 16.2. The van der Waals surface area contributed by atoms with Crippen LogP contribution in [0.1, 0.15) is 10.4 Å². The van der Waals surface area contributed by atoms with E-state index in [9.17, 15) is 4.79 Å². The summed E-state index contributed by atoms with van der Waals surface area (Å²) in [6.07, 6.45) is 0. The SMILES string of the molecule is CN(C)C1CN(C(=O)c2cc(I)ccc2Br)C1. The molecule has 1 aliphatic heterocycles. The molecule has 0 aliphatic carbocycles. The molecule has 0 saturated carbocycles. The summed E-state index contributed by atoms with van der Waals surface area (Å²) in [5, 5.41) is 0. The molecule has 5 heteroatoms. The average molecular weight is 409 g/mol. The Labute approximate surface area is 123 Å². The molecule has 0 unspecified atom stereocenters. The highest BCUT2D eigenvalue weighted by molar-refractivity contribution is 14.1. The summed E-state index contributed by atoms with van der Waals surface area (Å²) in [7, 11) is 4.10. The highest BCUT2D eigenvalue weighted by Crippen LogP contribution is 2.23. The summed E-state index contributed by atoms with van der Waals surface area (Å²) in [5.41, 5.74) is 0.758. The number of amides is 1. The van der Waals surface area contributed by atoms with Crippen molar-refractivity contribution < 1.29 is 4.79 Å². The van der Waals surface area contributed by atoms with Gasteiger partial charge in [-0.05, 0) is 70.8 Å². The molecule has 1 saturated heterocycles. The van der Waals surface area contributed by atoms with Crippen LogP contribution in [0.3, 0.4) is 0 Å². The third-order valence-electron chi connectivity index (χ3n) is 3.04. The fraction of sp³-hybridized carbons (Fsp3) is 0.417. The lowest BCUT2D eigenvalue weighted by molar-refractivity contribution is 0.0398. The van der Waals surface area contributed by atoms with Crippen molar-refractivity contribution >= 4 is 44.4 Å². The van der Waals surface area contributed by atoms with Gasteiger partial charge in [-0.25, -0.2) is 0 Å². The lowest BCUT2D eigenvalue weighted by Crippen LogP contribution is -2.59. The summed E-state index contributed by atoms with van der Waals surface area (Å²) in [5.74, 6) is 0.119. The average Bonchev–Trinajstić information content (AvgIpc) is 2.18. The number of hydrogen-bond acceptors (Lipinski definition) is 2. The van der Waals surface area contributed by atoms with Crippen molar-refractivity contribution in [3.8, 4) is 0 Å². The van der Waals surface area contributed by atoms with E-state index in [1.165, 1.54) is 0 Å². The van der Waals surface area contributed by atoms with Crippen LogP contribution in [-0.2, 0) is 0 Å². The third kappa shape index (κ3) is 2.82. The van der Waals surface area contributed by atoms with Crippen LogP contribution < -0.4 is 0 Å². The lowest BCUT2D eigenvalue weighted by atomic mass is 10.1. The van der Waals surface area contributed by atoms with Gasteiger partial charge in [-0.2, -0.15) is 0 Å². The monoisotopic (exact) mass is 408 g/mol. The highest BCUT2D eigenvalue weighted by Gasteiger charge is 2.33. The number of nitrogens with zero attached hydrogens (tertiary/aromatic N) is 2. The molecule has 1 heterocycles. The van der Waals surface area contributed by atoms with Crippen molar-refractivity contribution in [3.05, 3.63) is 31.8 Å². The molecule has 0 aromatic heterocycles. The molecule has 0 radical (unpaired) electrons. The Bertz CT molecular complexity index is 444. The van der Waals surface area contributed by atoms with E-state index in [4.69, 9.17) is 0 Å². The number of benzene rings is 1. The van der Waals surface area contributed by atoms with Gasteiger partial charge < -0.3 is 9.80 Å². The fourth-order valence-electron chi connectivity index (χ4n) is 1.78. The van der Waals surface area contributed by atoms with E-state index in [0.717, 1.165) is 26.7 Å². The minimum atomic E-state index is 0.119. The Balaban J connectivity index is 2.09. The van der Waals surface area contributed by atoms with E-state index in [1.54, 1.807) is 0 Å². The molecule has 2 rings (SSSR count). The Kier molecular flexibility index (Phi) is 4.10. The number of likely N-dealkylation sites (N-methyl/N-ethyl adjacent to an activating group) is 1. The molecular formula is C12H14BrIN2O. The molecule has 1 amide bonds. The second-order valence-corrected chi connectivity index (χ2v) is 6.55. The van der Waals surface area contributed by atoms with Crippen LogP contribution in [-0.4, -0.2) is 48.9 Å². The van der Waals surface area contributed by atoms with Gasteiger partial charge in [0.05, 0.1) is 5.56 Å². The molecule has 0 N–H and O–H groups in total. The zero-order valence-corrected chi connectivity index (χ0v) is 13.5. The standard InChI is InChI=1S/C12H14BrIN2O/c1-15(2)9-6-16(7-9)12(17)10-5-8(14)3-4-11(10)13/h3-5,9H,6-7H2,1-2H3. The molecule has 92 valence electrons. The van der Waals surface area contributed by atoms with E-state index < -0.39 is 0 Å². The minimum Gasteiger partial charge on any atom is -0.335 e. The lowest BCUT2D eigenvalue weighted by Gasteiger charge is -2.42. The molecule has 1 aromatic rings. The van der Waals surface area contributed by atoms with Crippen LogP contribution in [0.4, 0.5) is 0 Å². The van der Waals surface area contributed by atoms with Crippen LogP contribution in [0, 0.1) is 3.57 Å². The number of carbonyl (C=O) groups excluding carboxylic acids is 1. The quantitative estimate of drug-likeness (QED) is 0.701. The van der Waals surface area contributed by atoms with E-state index in [-0.39, 0.29) is 5.91 Å². The van der Waals surface area contributed by atoms with Crippen LogP contribution >= 0.6 is 38.5 Å². The molecular weight excluding hydrogens is 395 g/mol. The maximum absolute atomic E-state index is 12.2. The number of carbonyl (C=O) groups is 1. The second kappa shape index (κ2) is 5.24. The zero-order valence-electron chi connectivity index (χ0n) is 9.78. The van der Waals surface area contributed by atoms with Crippen LogP contribution in [0.5, 0.6) is 0 Å². The van der Waals surface area contributed by atoms with Crippen molar-refractivity contribution in [2.45, 2.75) is 6.04 Å². The van der Waals surface area contributed by atoms with Crippen molar-refractivity contribution in [2.75, 3.05) is 27.2 Å². The van der Waals surface area contributed by atoms with Gasteiger partial charge in [0.2, 0.25) is 0 Å². The highest BCUT2D eigenvalue weighted by atomic mass is 127. The smallest absolute Gasteiger partial charge is 0.255 e. The first-order valence-electron chi connectivity index (χ1n) is 5.40. The summed E-state index contributed by atoms with van der Waals surface area (Å²) in [6.45, 7) is 1.65. The Hall–Kier alpha value is -0.140. The Morgan fingerprint density at radius 2 is 2.12 bits per heavy atom. The molecule has 1 aliphatic rings. The molecule has 3 nitrogen and oxygen atoms in total. The van der Waals surface area contributed by atoms with Crippen LogP contribution in [0.15, 0.2) is 22.7 Å². The van der Waals surface area contributed by atoms with Gasteiger partial charge in [0.15, 0.2) is 0 Å². The molecule has 0 bridgehead atoms. The van der Waals surface area contributed by atoms with Gasteiger partial charge in [-0.1, -0.05) is 0 Å². The van der Waals surface area contributed by atoms with E-state index in [2.05, 4.69) is 43.4 Å². The third-order valence-corrected chi connectivity index (χ3v) is 4.40. The molecule has 0 atom stereocenters. The van der Waals surface area contributed by atoms with Gasteiger partial charge >= 0.3 is 0 Å². The fourth-order valence-corrected chi connectivity index (χ4v) is 2.69. The van der Waals surface area contributed by atoms with E-state index in [0.29, 0.717) is 6.04 Å². The molecule has 0 spiro atoms. The second-order valence-electron chi connectivity index (χ2n) is 4.45. The van der Waals surface area contributed by atoms with E-state index >= 15 is 0 Å². The predicted octanol–water partition coefficient (Wildman–Crippen LogP) is 2.44. The Morgan fingerprint density at radius 1 is 1.47 bits per heavy atom. The van der Waals surface area contributed by atoms with Crippen molar-refractivity contribution in [1.82, 2.24) is 9.80 Å². The van der Waals surface area contributed by atoms with Crippen LogP contribution in [0.2, 0.25) is 0 Å². The molecule has 1 fully saturated rings. The first kappa shape index (κ1) is 13.3. The number of halogens is 2. The van der Waals surface area contributed by atoms with Gasteiger partial charge in [-0.15, -0.1) is 0 Å². The van der Waals surface area contributed by atoms with Gasteiger partial charge in [-0.3, -0.25) is 4.79 Å². The number of hydrogen-bond donors (Lipinski definition) is 0. The Morgan fingerprint density at radius 3 is 2.71 bits per heavy atom. The van der Waals surface area contributed by atoms with Crippen LogP contribution in [0.25, 0.3) is 0 Å². The minimum absolute atomic E-state index is 0.119. The van der Waals surface area contributed by atoms with Crippen molar-refractivity contribution in [3.63, 3.8) is 0 Å². The maximum atomic E-state index is 12.2. The van der Waals surface area contributed by atoms with Gasteiger partial charge in [0.25, 0.3) is 5.91 Å². The topological polar surface area (TPSA) is 23.6 Å². The number of rotatable bonds is 2. The first-order chi connectivity index (χ1) is 7.99. The summed E-state index contributed by atoms with van der Waals surface area (Å²) < 4.78 is 1.95. The van der Waals surface area contributed by atoms with Gasteiger partial charge in [0.1, 0.15) is 0 Å². The summed E-state index contributed by atoms with van der Waals surface area (Å²) in [4.78, 5) is 16.3. The first-order valence-corrected chi connectivity index (χ1v) is 7.27. The maximum Gasteiger partial charge on any atom is 0.255 e. The largest absolute Gasteiger partial charge is 0.335 e. The van der Waals surface area contributed by atoms with E-state index in [1.807, 2.05) is 37.2 Å². The van der Waals surface area contributed by atoms with Gasteiger partial charge in [0, 0.05) is 27.2 Å². The van der Waals surface area contributed by atoms with Crippen molar-refractivity contribution in [1.29, 1.82) is 0 Å².